The summed E-state index contributed by atoms with van der Waals surface area (Å²) in [5.74, 6) is 0.311. The molecule has 5 nitrogen and oxygen atoms in total. The number of primary amides is 1. The van der Waals surface area contributed by atoms with Gasteiger partial charge in [-0.2, -0.15) is 0 Å². The molecule has 0 fully saturated rings. The summed E-state index contributed by atoms with van der Waals surface area (Å²) in [5.41, 5.74) is 13.6. The van der Waals surface area contributed by atoms with Gasteiger partial charge in [0, 0.05) is 12.2 Å². The Bertz CT molecular complexity index is 614. The summed E-state index contributed by atoms with van der Waals surface area (Å²) < 4.78 is 5.57. The number of carbonyl (C=O) groups is 1. The molecule has 2 aromatic carbocycles. The van der Waals surface area contributed by atoms with Crippen LogP contribution in [-0.2, 0) is 11.3 Å². The Labute approximate surface area is 123 Å². The van der Waals surface area contributed by atoms with E-state index in [1.807, 2.05) is 48.5 Å². The first kappa shape index (κ1) is 14.7. The van der Waals surface area contributed by atoms with Crippen LogP contribution in [0, 0.1) is 0 Å². The van der Waals surface area contributed by atoms with E-state index in [1.54, 1.807) is 0 Å². The van der Waals surface area contributed by atoms with Crippen LogP contribution in [0.25, 0.3) is 0 Å². The smallest absolute Gasteiger partial charge is 0.220 e. The van der Waals surface area contributed by atoms with Crippen LogP contribution in [0.15, 0.2) is 48.5 Å². The standard InChI is InChI=1S/C16H19N3O2/c17-13-6-2-1-5-12(13)11-19-14-7-3-4-8-15(14)21-10-9-16(18)20/h1-8,19H,9-11,17H2,(H2,18,20). The van der Waals surface area contributed by atoms with Gasteiger partial charge in [0.15, 0.2) is 0 Å². The third kappa shape index (κ3) is 4.42. The molecule has 2 rings (SSSR count). The normalized spacial score (nSPS) is 10.1. The van der Waals surface area contributed by atoms with E-state index in [4.69, 9.17) is 16.2 Å². The zero-order valence-corrected chi connectivity index (χ0v) is 11.7. The van der Waals surface area contributed by atoms with Gasteiger partial charge in [-0.25, -0.2) is 0 Å². The number of hydrogen-bond acceptors (Lipinski definition) is 4. The highest BCUT2D eigenvalue weighted by Gasteiger charge is 2.04. The maximum absolute atomic E-state index is 10.7. The van der Waals surface area contributed by atoms with Crippen LogP contribution >= 0.6 is 0 Å². The average molecular weight is 285 g/mol. The Morgan fingerprint density at radius 2 is 1.81 bits per heavy atom. The topological polar surface area (TPSA) is 90.4 Å². The van der Waals surface area contributed by atoms with Crippen LogP contribution in [-0.4, -0.2) is 12.5 Å². The van der Waals surface area contributed by atoms with Crippen LogP contribution in [0.4, 0.5) is 11.4 Å². The van der Waals surface area contributed by atoms with E-state index < -0.39 is 0 Å². The number of ether oxygens (including phenoxy) is 1. The minimum Gasteiger partial charge on any atom is -0.491 e. The number of nitrogens with one attached hydrogen (secondary N) is 1. The lowest BCUT2D eigenvalue weighted by Gasteiger charge is -2.13. The summed E-state index contributed by atoms with van der Waals surface area (Å²) in [7, 11) is 0. The number of amides is 1. The van der Waals surface area contributed by atoms with Gasteiger partial charge < -0.3 is 21.5 Å². The number of hydrogen-bond donors (Lipinski definition) is 3. The number of carbonyl (C=O) groups excluding carboxylic acids is 1. The Balaban J connectivity index is 1.99. The molecule has 0 aliphatic heterocycles. The van der Waals surface area contributed by atoms with Gasteiger partial charge in [0.25, 0.3) is 0 Å². The second-order valence-corrected chi connectivity index (χ2v) is 4.61. The maximum Gasteiger partial charge on any atom is 0.220 e. The lowest BCUT2D eigenvalue weighted by molar-refractivity contribution is -0.118. The highest BCUT2D eigenvalue weighted by molar-refractivity contribution is 5.73. The van der Waals surface area contributed by atoms with Crippen molar-refractivity contribution in [3.05, 3.63) is 54.1 Å². The fraction of sp³-hybridized carbons (Fsp3) is 0.188. The molecule has 5 heteroatoms. The van der Waals surface area contributed by atoms with Gasteiger partial charge in [-0.15, -0.1) is 0 Å². The van der Waals surface area contributed by atoms with Crippen molar-refractivity contribution in [2.45, 2.75) is 13.0 Å². The summed E-state index contributed by atoms with van der Waals surface area (Å²) >= 11 is 0. The minimum absolute atomic E-state index is 0.194. The highest BCUT2D eigenvalue weighted by atomic mass is 16.5. The fourth-order valence-electron chi connectivity index (χ4n) is 1.89. The van der Waals surface area contributed by atoms with Gasteiger partial charge in [0.1, 0.15) is 5.75 Å². The van der Waals surface area contributed by atoms with E-state index in [-0.39, 0.29) is 18.9 Å². The summed E-state index contributed by atoms with van der Waals surface area (Å²) in [6.07, 6.45) is 0.194. The molecule has 21 heavy (non-hydrogen) atoms. The SMILES string of the molecule is NC(=O)CCOc1ccccc1NCc1ccccc1N. The van der Waals surface area contributed by atoms with Crippen LogP contribution in [0.2, 0.25) is 0 Å². The monoisotopic (exact) mass is 285 g/mol. The maximum atomic E-state index is 10.7. The Hall–Kier alpha value is -2.69. The summed E-state index contributed by atoms with van der Waals surface area (Å²) in [5, 5.41) is 3.29. The van der Waals surface area contributed by atoms with E-state index in [2.05, 4.69) is 5.32 Å². The number of rotatable bonds is 7. The molecule has 0 bridgehead atoms. The lowest BCUT2D eigenvalue weighted by Crippen LogP contribution is -2.15. The molecule has 0 atom stereocenters. The van der Waals surface area contributed by atoms with Crippen molar-refractivity contribution in [1.29, 1.82) is 0 Å². The average Bonchev–Trinajstić information content (AvgIpc) is 2.47. The number of anilines is 2. The molecule has 0 aromatic heterocycles. The Morgan fingerprint density at radius 1 is 1.10 bits per heavy atom. The Morgan fingerprint density at radius 3 is 2.57 bits per heavy atom. The molecular weight excluding hydrogens is 266 g/mol. The van der Waals surface area contributed by atoms with Crippen molar-refractivity contribution < 1.29 is 9.53 Å². The first-order valence-electron chi connectivity index (χ1n) is 6.74. The molecule has 0 spiro atoms. The number of nitrogen functional groups attached to an aromatic ring is 1. The predicted molar refractivity (Wildman–Crippen MR) is 83.9 cm³/mol. The van der Waals surface area contributed by atoms with Crippen molar-refractivity contribution >= 4 is 17.3 Å². The first-order valence-corrected chi connectivity index (χ1v) is 6.74. The van der Waals surface area contributed by atoms with Crippen LogP contribution in [0.3, 0.4) is 0 Å². The van der Waals surface area contributed by atoms with Crippen molar-refractivity contribution in [3.63, 3.8) is 0 Å². The van der Waals surface area contributed by atoms with Crippen molar-refractivity contribution in [2.75, 3.05) is 17.7 Å². The van der Waals surface area contributed by atoms with Gasteiger partial charge in [-0.3, -0.25) is 4.79 Å². The molecule has 0 radical (unpaired) electrons. The zero-order valence-electron chi connectivity index (χ0n) is 11.7. The summed E-state index contributed by atoms with van der Waals surface area (Å²) in [4.78, 5) is 10.7. The van der Waals surface area contributed by atoms with Crippen molar-refractivity contribution in [1.82, 2.24) is 0 Å². The van der Waals surface area contributed by atoms with E-state index in [0.717, 1.165) is 16.9 Å². The number of para-hydroxylation sites is 3. The molecule has 0 unspecified atom stereocenters. The molecule has 5 N–H and O–H groups in total. The van der Waals surface area contributed by atoms with Gasteiger partial charge in [-0.05, 0) is 23.8 Å². The minimum atomic E-state index is -0.377. The quantitative estimate of drug-likeness (QED) is 0.680. The van der Waals surface area contributed by atoms with Crippen LogP contribution < -0.4 is 21.5 Å². The van der Waals surface area contributed by atoms with E-state index in [1.165, 1.54) is 0 Å². The second kappa shape index (κ2) is 7.19. The number of nitrogens with two attached hydrogens (primary N) is 2. The Kier molecular flexibility index (Phi) is 5.04. The van der Waals surface area contributed by atoms with Crippen molar-refractivity contribution in [2.24, 2.45) is 5.73 Å². The van der Waals surface area contributed by atoms with Crippen molar-refractivity contribution in [3.8, 4) is 5.75 Å². The molecular formula is C16H19N3O2. The predicted octanol–water partition coefficient (Wildman–Crippen LogP) is 2.14. The van der Waals surface area contributed by atoms with E-state index in [0.29, 0.717) is 12.3 Å². The largest absolute Gasteiger partial charge is 0.491 e. The molecule has 0 saturated carbocycles. The van der Waals surface area contributed by atoms with Gasteiger partial charge >= 0.3 is 0 Å². The second-order valence-electron chi connectivity index (χ2n) is 4.61. The summed E-state index contributed by atoms with van der Waals surface area (Å²) in [6.45, 7) is 0.865. The fourth-order valence-corrected chi connectivity index (χ4v) is 1.89. The lowest BCUT2D eigenvalue weighted by atomic mass is 10.2. The van der Waals surface area contributed by atoms with Crippen LogP contribution in [0.5, 0.6) is 5.75 Å². The molecule has 0 heterocycles. The zero-order chi connectivity index (χ0) is 15.1. The number of benzene rings is 2. The third-order valence-corrected chi connectivity index (χ3v) is 3.02. The highest BCUT2D eigenvalue weighted by Crippen LogP contribution is 2.25. The summed E-state index contributed by atoms with van der Waals surface area (Å²) in [6, 6.07) is 15.2. The van der Waals surface area contributed by atoms with E-state index >= 15 is 0 Å². The third-order valence-electron chi connectivity index (χ3n) is 3.02. The molecule has 0 aliphatic rings. The van der Waals surface area contributed by atoms with E-state index in [9.17, 15) is 4.79 Å². The van der Waals surface area contributed by atoms with Crippen LogP contribution in [0.1, 0.15) is 12.0 Å². The molecule has 0 saturated heterocycles. The van der Waals surface area contributed by atoms with Gasteiger partial charge in [-0.1, -0.05) is 30.3 Å². The van der Waals surface area contributed by atoms with Gasteiger partial charge in [0.05, 0.1) is 18.7 Å². The first-order chi connectivity index (χ1) is 10.2. The van der Waals surface area contributed by atoms with Gasteiger partial charge in [0.2, 0.25) is 5.91 Å². The molecule has 0 aliphatic carbocycles. The molecule has 1 amide bonds. The molecule has 2 aromatic rings. The molecule has 110 valence electrons.